The third-order valence-electron chi connectivity index (χ3n) is 4.53. The lowest BCUT2D eigenvalue weighted by Gasteiger charge is -2.21. The minimum Gasteiger partial charge on any atom is -0.339 e. The average molecular weight is 386 g/mol. The van der Waals surface area contributed by atoms with E-state index < -0.39 is 0 Å². The Labute approximate surface area is 160 Å². The van der Waals surface area contributed by atoms with E-state index in [1.807, 2.05) is 18.5 Å². The van der Waals surface area contributed by atoms with Crippen LogP contribution in [0.5, 0.6) is 0 Å². The van der Waals surface area contributed by atoms with Gasteiger partial charge in [-0.1, -0.05) is 0 Å². The van der Waals surface area contributed by atoms with Crippen LogP contribution in [-0.2, 0) is 19.6 Å². The van der Waals surface area contributed by atoms with E-state index >= 15 is 0 Å². The first-order valence-electron chi connectivity index (χ1n) is 8.39. The maximum Gasteiger partial charge on any atom is 0.225 e. The van der Waals surface area contributed by atoms with E-state index in [-0.39, 0.29) is 24.8 Å². The van der Waals surface area contributed by atoms with E-state index in [9.17, 15) is 0 Å². The van der Waals surface area contributed by atoms with Crippen molar-refractivity contribution in [2.45, 2.75) is 26.1 Å². The van der Waals surface area contributed by atoms with Gasteiger partial charge in [0.15, 0.2) is 0 Å². The maximum absolute atomic E-state index is 4.75. The van der Waals surface area contributed by atoms with Crippen LogP contribution in [0.3, 0.4) is 0 Å². The van der Waals surface area contributed by atoms with Crippen LogP contribution in [0.15, 0.2) is 24.5 Å². The Balaban J connectivity index is 0.00000113. The van der Waals surface area contributed by atoms with Crippen molar-refractivity contribution >= 4 is 30.8 Å². The lowest BCUT2D eigenvalue weighted by Crippen LogP contribution is -2.31. The molecule has 0 bridgehead atoms. The summed E-state index contributed by atoms with van der Waals surface area (Å²) in [5, 5.41) is 8.15. The largest absolute Gasteiger partial charge is 0.339 e. The number of nitrogens with one attached hydrogen (secondary N) is 1. The predicted octanol–water partition coefficient (Wildman–Crippen LogP) is 1.33. The minimum absolute atomic E-state index is 0. The number of anilines is 1. The third-order valence-corrected chi connectivity index (χ3v) is 4.53. The molecule has 1 saturated heterocycles. The molecule has 0 atom stereocenters. The molecule has 7 nitrogen and oxygen atoms in total. The first kappa shape index (κ1) is 19.9. The van der Waals surface area contributed by atoms with Crippen molar-refractivity contribution in [2.24, 2.45) is 0 Å². The monoisotopic (exact) mass is 385 g/mol. The highest BCUT2D eigenvalue weighted by atomic mass is 35.5. The van der Waals surface area contributed by atoms with E-state index in [4.69, 9.17) is 5.10 Å². The molecule has 4 heterocycles. The zero-order chi connectivity index (χ0) is 15.5. The second kappa shape index (κ2) is 9.33. The van der Waals surface area contributed by atoms with Crippen molar-refractivity contribution in [3.63, 3.8) is 0 Å². The highest BCUT2D eigenvalue weighted by Crippen LogP contribution is 2.14. The molecule has 2 aromatic rings. The Kier molecular flexibility index (Phi) is 7.43. The normalized spacial score (nSPS) is 17.8. The van der Waals surface area contributed by atoms with Crippen molar-refractivity contribution in [1.82, 2.24) is 30.0 Å². The van der Waals surface area contributed by atoms with E-state index in [0.29, 0.717) is 0 Å². The highest BCUT2D eigenvalue weighted by molar-refractivity contribution is 5.85. The Hall–Kier alpha value is -1.41. The van der Waals surface area contributed by atoms with E-state index in [1.165, 1.54) is 11.4 Å². The standard InChI is InChI=1S/C16H23N7.2ClH/c1-3-18-16(19-4-1)22-7-2-6-21(9-10-22)13-14-11-15-12-17-5-8-23(15)20-14;;/h1,3-4,11,17H,2,5-10,12-13H2;2*1H. The van der Waals surface area contributed by atoms with Gasteiger partial charge in [-0.25, -0.2) is 9.97 Å². The van der Waals surface area contributed by atoms with E-state index in [0.717, 1.165) is 64.7 Å². The van der Waals surface area contributed by atoms with Crippen LogP contribution in [-0.4, -0.2) is 57.4 Å². The quantitative estimate of drug-likeness (QED) is 0.859. The topological polar surface area (TPSA) is 62.1 Å². The number of hydrogen-bond acceptors (Lipinski definition) is 6. The molecular weight excluding hydrogens is 361 g/mol. The van der Waals surface area contributed by atoms with Crippen LogP contribution in [0.2, 0.25) is 0 Å². The maximum atomic E-state index is 4.75. The van der Waals surface area contributed by atoms with Crippen LogP contribution < -0.4 is 10.2 Å². The predicted molar refractivity (Wildman–Crippen MR) is 103 cm³/mol. The summed E-state index contributed by atoms with van der Waals surface area (Å²) in [5.41, 5.74) is 2.49. The van der Waals surface area contributed by atoms with Crippen LogP contribution in [0.4, 0.5) is 5.95 Å². The minimum atomic E-state index is 0. The van der Waals surface area contributed by atoms with Gasteiger partial charge < -0.3 is 10.2 Å². The molecule has 2 aliphatic rings. The molecule has 0 radical (unpaired) electrons. The van der Waals surface area contributed by atoms with Gasteiger partial charge in [-0.3, -0.25) is 9.58 Å². The molecule has 9 heteroatoms. The molecule has 0 aromatic carbocycles. The van der Waals surface area contributed by atoms with Crippen LogP contribution in [0.25, 0.3) is 0 Å². The van der Waals surface area contributed by atoms with E-state index in [2.05, 4.69) is 35.8 Å². The summed E-state index contributed by atoms with van der Waals surface area (Å²) >= 11 is 0. The highest BCUT2D eigenvalue weighted by Gasteiger charge is 2.19. The summed E-state index contributed by atoms with van der Waals surface area (Å²) in [6.07, 6.45) is 4.76. The number of fused-ring (bicyclic) bond motifs is 1. The summed E-state index contributed by atoms with van der Waals surface area (Å²) in [5.74, 6) is 0.845. The van der Waals surface area contributed by atoms with Crippen LogP contribution >= 0.6 is 24.8 Å². The molecule has 2 aliphatic heterocycles. The Bertz CT molecular complexity index is 626. The molecule has 0 unspecified atom stereocenters. The van der Waals surface area contributed by atoms with Crippen LogP contribution in [0.1, 0.15) is 17.8 Å². The molecule has 0 amide bonds. The SMILES string of the molecule is Cl.Cl.c1cnc(N2CCCN(Cc3cc4n(n3)CCNC4)CC2)nc1. The number of aromatic nitrogens is 4. The Morgan fingerprint density at radius 2 is 1.84 bits per heavy atom. The number of halogens is 2. The van der Waals surface area contributed by atoms with Gasteiger partial charge in [0.05, 0.1) is 17.9 Å². The fourth-order valence-corrected chi connectivity index (χ4v) is 3.34. The zero-order valence-corrected chi connectivity index (χ0v) is 15.8. The molecule has 25 heavy (non-hydrogen) atoms. The van der Waals surface area contributed by atoms with Crippen LogP contribution in [0, 0.1) is 0 Å². The van der Waals surface area contributed by atoms with Gasteiger partial charge >= 0.3 is 0 Å². The van der Waals surface area contributed by atoms with Gasteiger partial charge in [-0.05, 0) is 18.6 Å². The number of rotatable bonds is 3. The lowest BCUT2D eigenvalue weighted by atomic mass is 10.3. The molecule has 138 valence electrons. The molecular formula is C16H25Cl2N7. The Morgan fingerprint density at radius 1 is 1.00 bits per heavy atom. The molecule has 0 spiro atoms. The van der Waals surface area contributed by atoms with Gasteiger partial charge in [0.1, 0.15) is 0 Å². The smallest absolute Gasteiger partial charge is 0.225 e. The first-order valence-corrected chi connectivity index (χ1v) is 8.39. The van der Waals surface area contributed by atoms with Crippen molar-refractivity contribution in [2.75, 3.05) is 37.6 Å². The molecule has 1 N–H and O–H groups in total. The number of hydrogen-bond donors (Lipinski definition) is 1. The average Bonchev–Trinajstić information content (AvgIpc) is 2.86. The first-order chi connectivity index (χ1) is 11.4. The van der Waals surface area contributed by atoms with Crippen molar-refractivity contribution in [3.8, 4) is 0 Å². The summed E-state index contributed by atoms with van der Waals surface area (Å²) < 4.78 is 2.15. The zero-order valence-electron chi connectivity index (χ0n) is 14.2. The summed E-state index contributed by atoms with van der Waals surface area (Å²) in [4.78, 5) is 13.5. The van der Waals surface area contributed by atoms with Crippen molar-refractivity contribution < 1.29 is 0 Å². The number of nitrogens with zero attached hydrogens (tertiary/aromatic N) is 6. The van der Waals surface area contributed by atoms with Crippen molar-refractivity contribution in [3.05, 3.63) is 35.9 Å². The van der Waals surface area contributed by atoms with Gasteiger partial charge in [0, 0.05) is 58.2 Å². The molecule has 0 saturated carbocycles. The van der Waals surface area contributed by atoms with Gasteiger partial charge in [-0.15, -0.1) is 24.8 Å². The third kappa shape index (κ3) is 4.82. The van der Waals surface area contributed by atoms with Gasteiger partial charge in [0.25, 0.3) is 0 Å². The second-order valence-electron chi connectivity index (χ2n) is 6.19. The fraction of sp³-hybridized carbons (Fsp3) is 0.562. The Morgan fingerprint density at radius 3 is 2.64 bits per heavy atom. The summed E-state index contributed by atoms with van der Waals surface area (Å²) in [7, 11) is 0. The summed E-state index contributed by atoms with van der Waals surface area (Å²) in [6, 6.07) is 4.11. The molecule has 2 aromatic heterocycles. The van der Waals surface area contributed by atoms with Gasteiger partial charge in [-0.2, -0.15) is 5.10 Å². The lowest BCUT2D eigenvalue weighted by molar-refractivity contribution is 0.280. The fourth-order valence-electron chi connectivity index (χ4n) is 3.34. The van der Waals surface area contributed by atoms with E-state index in [1.54, 1.807) is 0 Å². The van der Waals surface area contributed by atoms with Crippen molar-refractivity contribution in [1.29, 1.82) is 0 Å². The molecule has 4 rings (SSSR count). The molecule has 0 aliphatic carbocycles. The molecule has 1 fully saturated rings. The second-order valence-corrected chi connectivity index (χ2v) is 6.19. The van der Waals surface area contributed by atoms with Gasteiger partial charge in [0.2, 0.25) is 5.95 Å². The summed E-state index contributed by atoms with van der Waals surface area (Å²) in [6.45, 7) is 7.99.